The second kappa shape index (κ2) is 8.24. The molecule has 0 saturated heterocycles. The molecule has 0 fully saturated rings. The van der Waals surface area contributed by atoms with Crippen molar-refractivity contribution in [3.05, 3.63) is 46.1 Å². The number of amides is 1. The van der Waals surface area contributed by atoms with Crippen LogP contribution in [0.2, 0.25) is 0 Å². The zero-order valence-corrected chi connectivity index (χ0v) is 13.6. The van der Waals surface area contributed by atoms with E-state index in [1.54, 1.807) is 6.07 Å². The molecule has 1 aromatic carbocycles. The van der Waals surface area contributed by atoms with E-state index in [2.05, 4.69) is 15.5 Å². The van der Waals surface area contributed by atoms with E-state index in [0.29, 0.717) is 4.68 Å². The molecule has 2 rings (SSSR count). The molecule has 1 amide bonds. The van der Waals surface area contributed by atoms with Crippen LogP contribution in [0.1, 0.15) is 12.1 Å². The molecular formula is C14H14FN5O4S. The number of nitrogens with zero attached hydrogens (tertiary/aromatic N) is 3. The van der Waals surface area contributed by atoms with Crippen LogP contribution < -0.4 is 16.7 Å². The van der Waals surface area contributed by atoms with Gasteiger partial charge in [0.2, 0.25) is 11.1 Å². The number of aryl methyl sites for hydroxylation is 1. The molecule has 1 aromatic heterocycles. The van der Waals surface area contributed by atoms with E-state index >= 15 is 0 Å². The van der Waals surface area contributed by atoms with Gasteiger partial charge in [-0.05, 0) is 12.1 Å². The number of anilines is 1. The van der Waals surface area contributed by atoms with E-state index in [1.807, 2.05) is 0 Å². The number of hydrogen-bond donors (Lipinski definition) is 3. The fourth-order valence-corrected chi connectivity index (χ4v) is 2.43. The molecule has 0 aliphatic carbocycles. The zero-order chi connectivity index (χ0) is 18.4. The molecule has 2 aromatic rings. The molecule has 0 aliphatic rings. The summed E-state index contributed by atoms with van der Waals surface area (Å²) in [4.78, 5) is 34.3. The Morgan fingerprint density at radius 3 is 2.72 bits per heavy atom. The normalized spacial score (nSPS) is 10.4. The fraction of sp³-hybridized carbons (Fsp3) is 0.214. The van der Waals surface area contributed by atoms with E-state index in [-0.39, 0.29) is 35.1 Å². The lowest BCUT2D eigenvalue weighted by Crippen LogP contribution is -2.34. The van der Waals surface area contributed by atoms with Crippen LogP contribution in [0.25, 0.3) is 0 Å². The standard InChI is InChI=1S/C14H14FN5O4S/c15-8-3-1-2-4-9(8)17-11(21)7-25-14-19-18-10(5-6-12(22)23)13(24)20(14)16/h1-4H,5-7,16H2,(H,17,21)(H,22,23). The quantitative estimate of drug-likeness (QED) is 0.467. The molecule has 0 unspecified atom stereocenters. The van der Waals surface area contributed by atoms with Crippen molar-refractivity contribution in [2.75, 3.05) is 16.9 Å². The zero-order valence-electron chi connectivity index (χ0n) is 12.8. The number of thioether (sulfide) groups is 1. The second-order valence-electron chi connectivity index (χ2n) is 4.81. The first-order valence-corrected chi connectivity index (χ1v) is 7.99. The largest absolute Gasteiger partial charge is 0.481 e. The number of halogens is 1. The molecule has 0 radical (unpaired) electrons. The molecule has 0 atom stereocenters. The molecule has 9 nitrogen and oxygen atoms in total. The molecular weight excluding hydrogens is 353 g/mol. The van der Waals surface area contributed by atoms with Crippen molar-refractivity contribution in [3.63, 3.8) is 0 Å². The molecule has 25 heavy (non-hydrogen) atoms. The van der Waals surface area contributed by atoms with Crippen LogP contribution in [-0.4, -0.2) is 37.6 Å². The molecule has 0 aliphatic heterocycles. The van der Waals surface area contributed by atoms with Crippen molar-refractivity contribution in [3.8, 4) is 0 Å². The number of carboxylic acids is 1. The number of para-hydroxylation sites is 1. The van der Waals surface area contributed by atoms with Gasteiger partial charge >= 0.3 is 5.97 Å². The maximum Gasteiger partial charge on any atom is 0.303 e. The summed E-state index contributed by atoms with van der Waals surface area (Å²) in [6.45, 7) is 0. The van der Waals surface area contributed by atoms with Gasteiger partial charge in [0.05, 0.1) is 17.9 Å². The SMILES string of the molecule is Nn1c(SCC(=O)Nc2ccccc2F)nnc(CCC(=O)O)c1=O. The Kier molecular flexibility index (Phi) is 6.06. The molecule has 11 heteroatoms. The van der Waals surface area contributed by atoms with Gasteiger partial charge in [-0.1, -0.05) is 23.9 Å². The van der Waals surface area contributed by atoms with E-state index < -0.39 is 23.3 Å². The Morgan fingerprint density at radius 1 is 1.32 bits per heavy atom. The Balaban J connectivity index is 2.00. The molecule has 0 saturated carbocycles. The van der Waals surface area contributed by atoms with Crippen LogP contribution in [-0.2, 0) is 16.0 Å². The third-order valence-corrected chi connectivity index (χ3v) is 3.93. The van der Waals surface area contributed by atoms with Crippen LogP contribution in [0.15, 0.2) is 34.2 Å². The number of benzene rings is 1. The number of carbonyl (C=O) groups is 2. The summed E-state index contributed by atoms with van der Waals surface area (Å²) >= 11 is 0.841. The van der Waals surface area contributed by atoms with Gasteiger partial charge in [0, 0.05) is 6.42 Å². The Labute approximate surface area is 145 Å². The average Bonchev–Trinajstić information content (AvgIpc) is 2.57. The highest BCUT2D eigenvalue weighted by Crippen LogP contribution is 2.15. The number of carbonyl (C=O) groups excluding carboxylic acids is 1. The lowest BCUT2D eigenvalue weighted by molar-refractivity contribution is -0.137. The van der Waals surface area contributed by atoms with Gasteiger partial charge in [-0.15, -0.1) is 10.2 Å². The van der Waals surface area contributed by atoms with E-state index in [0.717, 1.165) is 11.8 Å². The fourth-order valence-electron chi connectivity index (χ4n) is 1.78. The summed E-state index contributed by atoms with van der Waals surface area (Å²) in [5.41, 5.74) is -0.730. The van der Waals surface area contributed by atoms with Gasteiger partial charge in [-0.2, -0.15) is 4.68 Å². The Hall–Kier alpha value is -2.95. The van der Waals surface area contributed by atoms with Crippen LogP contribution in [0, 0.1) is 5.82 Å². The van der Waals surface area contributed by atoms with Crippen LogP contribution in [0.3, 0.4) is 0 Å². The maximum atomic E-state index is 13.5. The van der Waals surface area contributed by atoms with E-state index in [9.17, 15) is 18.8 Å². The van der Waals surface area contributed by atoms with Gasteiger partial charge < -0.3 is 16.3 Å². The topological polar surface area (TPSA) is 140 Å². The number of nitrogens with one attached hydrogen (secondary N) is 1. The summed E-state index contributed by atoms with van der Waals surface area (Å²) in [6, 6.07) is 5.69. The highest BCUT2D eigenvalue weighted by Gasteiger charge is 2.14. The third kappa shape index (κ3) is 5.01. The highest BCUT2D eigenvalue weighted by atomic mass is 32.2. The summed E-state index contributed by atoms with van der Waals surface area (Å²) in [5, 5.41) is 18.3. The number of nitrogens with two attached hydrogens (primary N) is 1. The summed E-state index contributed by atoms with van der Waals surface area (Å²) in [7, 11) is 0. The van der Waals surface area contributed by atoms with Crippen molar-refractivity contribution in [2.45, 2.75) is 18.0 Å². The first-order valence-electron chi connectivity index (χ1n) is 7.01. The van der Waals surface area contributed by atoms with Crippen LogP contribution in [0.4, 0.5) is 10.1 Å². The number of aliphatic carboxylic acids is 1. The third-order valence-electron chi connectivity index (χ3n) is 2.98. The van der Waals surface area contributed by atoms with Crippen LogP contribution >= 0.6 is 11.8 Å². The molecule has 1 heterocycles. The number of carboxylic acid groups (broad SMARTS) is 1. The number of rotatable bonds is 7. The smallest absolute Gasteiger partial charge is 0.303 e. The van der Waals surface area contributed by atoms with Gasteiger partial charge in [0.15, 0.2) is 0 Å². The average molecular weight is 367 g/mol. The molecule has 132 valence electrons. The van der Waals surface area contributed by atoms with Gasteiger partial charge in [-0.25, -0.2) is 4.39 Å². The Bertz CT molecular complexity index is 857. The van der Waals surface area contributed by atoms with Crippen molar-refractivity contribution >= 4 is 29.3 Å². The van der Waals surface area contributed by atoms with Gasteiger partial charge in [-0.3, -0.25) is 14.4 Å². The monoisotopic (exact) mass is 367 g/mol. The number of aromatic nitrogens is 3. The van der Waals surface area contributed by atoms with Crippen molar-refractivity contribution in [1.82, 2.24) is 14.9 Å². The van der Waals surface area contributed by atoms with Gasteiger partial charge in [0.1, 0.15) is 11.5 Å². The lowest BCUT2D eigenvalue weighted by Gasteiger charge is -2.08. The molecule has 0 bridgehead atoms. The minimum absolute atomic E-state index is 0.0206. The van der Waals surface area contributed by atoms with Crippen LogP contribution in [0.5, 0.6) is 0 Å². The number of nitrogen functional groups attached to an aromatic ring is 1. The summed E-state index contributed by atoms with van der Waals surface area (Å²) in [6.07, 6.45) is -0.376. The van der Waals surface area contributed by atoms with Crippen molar-refractivity contribution in [2.24, 2.45) is 0 Å². The lowest BCUT2D eigenvalue weighted by atomic mass is 10.2. The number of hydrogen-bond acceptors (Lipinski definition) is 7. The minimum atomic E-state index is -1.08. The predicted octanol–water partition coefficient (Wildman–Crippen LogP) is 0.239. The first kappa shape index (κ1) is 18.4. The predicted molar refractivity (Wildman–Crippen MR) is 88.2 cm³/mol. The van der Waals surface area contributed by atoms with Gasteiger partial charge in [0.25, 0.3) is 5.56 Å². The van der Waals surface area contributed by atoms with E-state index in [1.165, 1.54) is 18.2 Å². The Morgan fingerprint density at radius 2 is 2.04 bits per heavy atom. The molecule has 4 N–H and O–H groups in total. The maximum absolute atomic E-state index is 13.5. The summed E-state index contributed by atoms with van der Waals surface area (Å²) < 4.78 is 14.2. The summed E-state index contributed by atoms with van der Waals surface area (Å²) in [5.74, 6) is 3.26. The highest BCUT2D eigenvalue weighted by molar-refractivity contribution is 7.99. The first-order chi connectivity index (χ1) is 11.9. The second-order valence-corrected chi connectivity index (χ2v) is 5.76. The van der Waals surface area contributed by atoms with E-state index in [4.69, 9.17) is 10.9 Å². The molecule has 0 spiro atoms. The van der Waals surface area contributed by atoms with Crippen molar-refractivity contribution < 1.29 is 19.1 Å². The van der Waals surface area contributed by atoms with Crippen molar-refractivity contribution in [1.29, 1.82) is 0 Å². The minimum Gasteiger partial charge on any atom is -0.481 e.